The summed E-state index contributed by atoms with van der Waals surface area (Å²) in [6, 6.07) is 53.1. The van der Waals surface area contributed by atoms with Crippen molar-refractivity contribution >= 4 is 69.4 Å². The Morgan fingerprint density at radius 3 is 1.81 bits per heavy atom. The predicted octanol–water partition coefficient (Wildman–Crippen LogP) is 14.9. The summed E-state index contributed by atoms with van der Waals surface area (Å²) >= 11 is 1.92. The molecule has 0 bridgehead atoms. The normalized spacial score (nSPS) is 14.8. The molecule has 11 rings (SSSR count). The van der Waals surface area contributed by atoms with Crippen molar-refractivity contribution in [1.29, 1.82) is 0 Å². The molecule has 0 amide bonds. The molecule has 2 aliphatic rings. The summed E-state index contributed by atoms with van der Waals surface area (Å²) in [7, 11) is 0. The maximum atomic E-state index is 2.51. The van der Waals surface area contributed by atoms with Crippen molar-refractivity contribution in [2.24, 2.45) is 0 Å². The Labute approximate surface area is 308 Å². The van der Waals surface area contributed by atoms with Gasteiger partial charge in [0.2, 0.25) is 0 Å². The van der Waals surface area contributed by atoms with E-state index in [1.54, 1.807) is 0 Å². The molecule has 1 aromatic heterocycles. The third-order valence-electron chi connectivity index (χ3n) is 11.9. The largest absolute Gasteiger partial charge is 0.135 e. The molecule has 0 N–H and O–H groups in total. The summed E-state index contributed by atoms with van der Waals surface area (Å²) in [4.78, 5) is 0. The number of hydrogen-bond donors (Lipinski definition) is 0. The van der Waals surface area contributed by atoms with Crippen LogP contribution in [-0.4, -0.2) is 0 Å². The Hall–Kier alpha value is -5.76. The average molecular weight is 681 g/mol. The van der Waals surface area contributed by atoms with Gasteiger partial charge < -0.3 is 0 Å². The first-order valence-corrected chi connectivity index (χ1v) is 19.3. The van der Waals surface area contributed by atoms with E-state index in [2.05, 4.69) is 172 Å². The van der Waals surface area contributed by atoms with Gasteiger partial charge in [-0.15, -0.1) is 11.3 Å². The second kappa shape index (κ2) is 11.1. The molecule has 0 radical (unpaired) electrons. The van der Waals surface area contributed by atoms with Gasteiger partial charge in [-0.05, 0) is 125 Å². The Morgan fingerprint density at radius 1 is 0.500 bits per heavy atom. The van der Waals surface area contributed by atoms with Crippen LogP contribution in [0.15, 0.2) is 158 Å². The lowest BCUT2D eigenvalue weighted by Gasteiger charge is -2.22. The molecule has 0 fully saturated rings. The molecule has 1 heteroatoms. The monoisotopic (exact) mass is 680 g/mol. The highest BCUT2D eigenvalue weighted by Crippen LogP contribution is 2.53. The highest BCUT2D eigenvalue weighted by atomic mass is 32.1. The molecule has 0 saturated carbocycles. The molecule has 8 aromatic carbocycles. The first-order valence-electron chi connectivity index (χ1n) is 18.5. The predicted molar refractivity (Wildman–Crippen MR) is 227 cm³/mol. The van der Waals surface area contributed by atoms with Gasteiger partial charge >= 0.3 is 0 Å². The van der Waals surface area contributed by atoms with Gasteiger partial charge in [-0.1, -0.05) is 147 Å². The summed E-state index contributed by atoms with van der Waals surface area (Å²) in [5, 5.41) is 10.6. The minimum Gasteiger partial charge on any atom is -0.135 e. The number of fused-ring (bicyclic) bond motifs is 10. The van der Waals surface area contributed by atoms with Gasteiger partial charge in [-0.2, -0.15) is 0 Å². The highest BCUT2D eigenvalue weighted by molar-refractivity contribution is 7.26. The van der Waals surface area contributed by atoms with E-state index < -0.39 is 0 Å². The molecule has 9 aromatic rings. The molecule has 52 heavy (non-hydrogen) atoms. The van der Waals surface area contributed by atoms with Crippen LogP contribution in [0, 0.1) is 0 Å². The highest BCUT2D eigenvalue weighted by Gasteiger charge is 2.36. The van der Waals surface area contributed by atoms with Crippen LogP contribution in [0.4, 0.5) is 0 Å². The van der Waals surface area contributed by atoms with Crippen LogP contribution in [0.25, 0.3) is 91.4 Å². The second-order valence-electron chi connectivity index (χ2n) is 15.1. The van der Waals surface area contributed by atoms with Crippen molar-refractivity contribution in [2.45, 2.75) is 32.1 Å². The standard InChI is InChI=1S/C51H36S/c1-51(2)45-27-25-35(29-43(45)44-28-34-24-26-41-36-14-10-11-19-47(36)52-50(41)42(34)30-46(44)51)49-39-17-8-6-15-37(39)48(38-16-7-9-18-40(38)49)33-22-20-32(21-23-33)31-12-4-3-5-13-31/h3-4,6-12,14-30H,5,13H2,1-2H3. The molecule has 2 aliphatic carbocycles. The van der Waals surface area contributed by atoms with Crippen molar-refractivity contribution in [3.63, 3.8) is 0 Å². The van der Waals surface area contributed by atoms with E-state index in [0.29, 0.717) is 0 Å². The number of rotatable bonds is 3. The Balaban J connectivity index is 1.11. The van der Waals surface area contributed by atoms with Crippen molar-refractivity contribution in [3.8, 4) is 33.4 Å². The smallest absolute Gasteiger partial charge is 0.0433 e. The minimum atomic E-state index is -0.0969. The van der Waals surface area contributed by atoms with Crippen molar-refractivity contribution in [1.82, 2.24) is 0 Å². The van der Waals surface area contributed by atoms with Gasteiger partial charge in [0.15, 0.2) is 0 Å². The van der Waals surface area contributed by atoms with Gasteiger partial charge in [0.1, 0.15) is 0 Å². The van der Waals surface area contributed by atoms with E-state index in [0.717, 1.165) is 12.8 Å². The van der Waals surface area contributed by atoms with Crippen LogP contribution in [-0.2, 0) is 5.41 Å². The summed E-state index contributed by atoms with van der Waals surface area (Å²) in [6.07, 6.45) is 8.93. The molecule has 0 aliphatic heterocycles. The third kappa shape index (κ3) is 4.27. The maximum Gasteiger partial charge on any atom is 0.0433 e. The van der Waals surface area contributed by atoms with Crippen LogP contribution in [0.2, 0.25) is 0 Å². The first kappa shape index (κ1) is 29.9. The number of benzene rings is 8. The van der Waals surface area contributed by atoms with Crippen LogP contribution < -0.4 is 0 Å². The van der Waals surface area contributed by atoms with E-state index in [1.807, 2.05) is 11.3 Å². The average Bonchev–Trinajstić information content (AvgIpc) is 3.68. The summed E-state index contributed by atoms with van der Waals surface area (Å²) in [5.41, 5.74) is 13.3. The quantitative estimate of drug-likeness (QED) is 0.163. The molecule has 0 nitrogen and oxygen atoms in total. The molecule has 246 valence electrons. The van der Waals surface area contributed by atoms with Crippen LogP contribution in [0.5, 0.6) is 0 Å². The zero-order chi connectivity index (χ0) is 34.6. The van der Waals surface area contributed by atoms with E-state index >= 15 is 0 Å². The van der Waals surface area contributed by atoms with E-state index in [9.17, 15) is 0 Å². The number of allylic oxidation sites excluding steroid dienone is 4. The molecular weight excluding hydrogens is 645 g/mol. The summed E-state index contributed by atoms with van der Waals surface area (Å²) < 4.78 is 2.75. The fraction of sp³-hybridized carbons (Fsp3) is 0.0980. The van der Waals surface area contributed by atoms with Gasteiger partial charge in [0, 0.05) is 25.6 Å². The van der Waals surface area contributed by atoms with E-state index in [1.165, 1.54) is 108 Å². The van der Waals surface area contributed by atoms with Crippen molar-refractivity contribution < 1.29 is 0 Å². The first-order chi connectivity index (χ1) is 25.5. The Morgan fingerprint density at radius 2 is 1.12 bits per heavy atom. The number of thiophene rings is 1. The zero-order valence-corrected chi connectivity index (χ0v) is 30.2. The molecule has 0 spiro atoms. The number of hydrogen-bond acceptors (Lipinski definition) is 1. The van der Waals surface area contributed by atoms with Crippen LogP contribution >= 0.6 is 11.3 Å². The minimum absolute atomic E-state index is 0.0969. The van der Waals surface area contributed by atoms with Gasteiger partial charge in [-0.3, -0.25) is 0 Å². The fourth-order valence-electron chi connectivity index (χ4n) is 9.35. The molecule has 1 heterocycles. The van der Waals surface area contributed by atoms with Gasteiger partial charge in [0.25, 0.3) is 0 Å². The summed E-state index contributed by atoms with van der Waals surface area (Å²) in [6.45, 7) is 4.81. The SMILES string of the molecule is CC1(C)c2ccc(-c3c4ccccc4c(-c4ccc(C5=CC=CCC5)cc4)c4ccccc34)cc2-c2cc3ccc4c5ccccc5sc4c3cc21. The molecule has 0 atom stereocenters. The van der Waals surface area contributed by atoms with Gasteiger partial charge in [-0.25, -0.2) is 0 Å². The summed E-state index contributed by atoms with van der Waals surface area (Å²) in [5.74, 6) is 0. The lowest BCUT2D eigenvalue weighted by atomic mass is 9.81. The Kier molecular flexibility index (Phi) is 6.40. The van der Waals surface area contributed by atoms with E-state index in [4.69, 9.17) is 0 Å². The lowest BCUT2D eigenvalue weighted by molar-refractivity contribution is 0.661. The third-order valence-corrected chi connectivity index (χ3v) is 13.2. The van der Waals surface area contributed by atoms with Crippen LogP contribution in [0.3, 0.4) is 0 Å². The molecule has 0 saturated heterocycles. The van der Waals surface area contributed by atoms with Gasteiger partial charge in [0.05, 0.1) is 0 Å². The van der Waals surface area contributed by atoms with Crippen LogP contribution in [0.1, 0.15) is 43.4 Å². The zero-order valence-electron chi connectivity index (χ0n) is 29.3. The molecule has 0 unspecified atom stereocenters. The topological polar surface area (TPSA) is 0 Å². The maximum absolute atomic E-state index is 2.51. The fourth-order valence-corrected chi connectivity index (χ4v) is 10.6. The van der Waals surface area contributed by atoms with E-state index in [-0.39, 0.29) is 5.41 Å². The van der Waals surface area contributed by atoms with Crippen molar-refractivity contribution in [3.05, 3.63) is 174 Å². The molecular formula is C51H36S. The Bertz CT molecular complexity index is 2960. The lowest BCUT2D eigenvalue weighted by Crippen LogP contribution is -2.14. The van der Waals surface area contributed by atoms with Crippen molar-refractivity contribution in [2.75, 3.05) is 0 Å². The second-order valence-corrected chi connectivity index (χ2v) is 16.2.